The van der Waals surface area contributed by atoms with E-state index in [4.69, 9.17) is 5.73 Å². The molecule has 0 bridgehead atoms. The summed E-state index contributed by atoms with van der Waals surface area (Å²) in [6.45, 7) is 2.49. The maximum Gasteiger partial charge on any atom is 0.329 e. The van der Waals surface area contributed by atoms with Gasteiger partial charge in [-0.3, -0.25) is 4.79 Å². The maximum absolute atomic E-state index is 12.9. The van der Waals surface area contributed by atoms with Crippen molar-refractivity contribution in [2.45, 2.75) is 75.8 Å². The molecule has 114 valence electrons. The number of carboxylic acid groups (broad SMARTS) is 1. The summed E-state index contributed by atoms with van der Waals surface area (Å²) >= 11 is 0. The second-order valence-corrected chi connectivity index (χ2v) is 6.36. The largest absolute Gasteiger partial charge is 0.479 e. The van der Waals surface area contributed by atoms with E-state index in [9.17, 15) is 14.7 Å². The molecule has 1 saturated heterocycles. The summed E-state index contributed by atoms with van der Waals surface area (Å²) in [6.07, 6.45) is 7.00. The van der Waals surface area contributed by atoms with Crippen LogP contribution in [0.3, 0.4) is 0 Å². The van der Waals surface area contributed by atoms with Gasteiger partial charge in [-0.15, -0.1) is 0 Å². The highest BCUT2D eigenvalue weighted by molar-refractivity contribution is 5.92. The molecule has 1 aliphatic carbocycles. The number of rotatable bonds is 4. The van der Waals surface area contributed by atoms with Crippen molar-refractivity contribution in [3.05, 3.63) is 0 Å². The molecule has 0 aromatic carbocycles. The molecule has 0 aromatic rings. The predicted molar refractivity (Wildman–Crippen MR) is 76.2 cm³/mol. The van der Waals surface area contributed by atoms with Crippen LogP contribution < -0.4 is 5.73 Å². The van der Waals surface area contributed by atoms with Crippen molar-refractivity contribution in [3.63, 3.8) is 0 Å². The number of nitrogens with zero attached hydrogens (tertiary/aromatic N) is 1. The molecule has 5 nitrogen and oxygen atoms in total. The standard InChI is InChI=1S/C15H26N2O3/c1-2-7-15(13(19)20)10-6-11-17(15)12(18)14(16)8-4-3-5-9-14/h2-11,16H2,1H3,(H,19,20). The number of amides is 1. The minimum absolute atomic E-state index is 0.134. The van der Waals surface area contributed by atoms with E-state index in [1.807, 2.05) is 6.92 Å². The number of hydrogen-bond acceptors (Lipinski definition) is 3. The third kappa shape index (κ3) is 2.43. The predicted octanol–water partition coefficient (Wildman–Crippen LogP) is 1.89. The van der Waals surface area contributed by atoms with Gasteiger partial charge in [-0.05, 0) is 32.1 Å². The topological polar surface area (TPSA) is 83.6 Å². The van der Waals surface area contributed by atoms with Crippen LogP contribution in [-0.2, 0) is 9.59 Å². The van der Waals surface area contributed by atoms with Crippen LogP contribution in [0.4, 0.5) is 0 Å². The van der Waals surface area contributed by atoms with E-state index in [0.29, 0.717) is 32.2 Å². The van der Waals surface area contributed by atoms with Gasteiger partial charge in [0.15, 0.2) is 0 Å². The van der Waals surface area contributed by atoms with E-state index in [1.165, 1.54) is 0 Å². The highest BCUT2D eigenvalue weighted by atomic mass is 16.4. The van der Waals surface area contributed by atoms with Crippen molar-refractivity contribution in [1.82, 2.24) is 4.90 Å². The monoisotopic (exact) mass is 282 g/mol. The van der Waals surface area contributed by atoms with Gasteiger partial charge in [0, 0.05) is 6.54 Å². The first-order valence-electron chi connectivity index (χ1n) is 7.81. The zero-order valence-corrected chi connectivity index (χ0v) is 12.4. The smallest absolute Gasteiger partial charge is 0.329 e. The maximum atomic E-state index is 12.9. The number of carbonyl (C=O) groups excluding carboxylic acids is 1. The second kappa shape index (κ2) is 5.72. The molecular formula is C15H26N2O3. The first kappa shape index (κ1) is 15.3. The summed E-state index contributed by atoms with van der Waals surface area (Å²) in [5.74, 6) is -1.00. The molecule has 2 rings (SSSR count). The molecule has 5 heteroatoms. The van der Waals surface area contributed by atoms with Crippen LogP contribution in [0.2, 0.25) is 0 Å². The van der Waals surface area contributed by atoms with Crippen LogP contribution in [0.5, 0.6) is 0 Å². The summed E-state index contributed by atoms with van der Waals surface area (Å²) in [5, 5.41) is 9.66. The highest BCUT2D eigenvalue weighted by Gasteiger charge is 2.52. The third-order valence-electron chi connectivity index (χ3n) is 4.97. The van der Waals surface area contributed by atoms with Crippen molar-refractivity contribution in [3.8, 4) is 0 Å². The van der Waals surface area contributed by atoms with E-state index >= 15 is 0 Å². The molecule has 0 radical (unpaired) electrons. The van der Waals surface area contributed by atoms with Crippen molar-refractivity contribution in [2.75, 3.05) is 6.54 Å². The second-order valence-electron chi connectivity index (χ2n) is 6.36. The number of nitrogens with two attached hydrogens (primary N) is 1. The van der Waals surface area contributed by atoms with Crippen molar-refractivity contribution < 1.29 is 14.7 Å². The Morgan fingerprint density at radius 2 is 1.80 bits per heavy atom. The number of carbonyl (C=O) groups is 2. The molecule has 1 heterocycles. The van der Waals surface area contributed by atoms with Gasteiger partial charge < -0.3 is 15.7 Å². The lowest BCUT2D eigenvalue weighted by Crippen LogP contribution is -2.62. The van der Waals surface area contributed by atoms with Crippen molar-refractivity contribution >= 4 is 11.9 Å². The molecule has 20 heavy (non-hydrogen) atoms. The summed E-state index contributed by atoms with van der Waals surface area (Å²) in [7, 11) is 0. The molecule has 2 fully saturated rings. The summed E-state index contributed by atoms with van der Waals surface area (Å²) in [4.78, 5) is 26.2. The van der Waals surface area contributed by atoms with Gasteiger partial charge in [-0.2, -0.15) is 0 Å². The van der Waals surface area contributed by atoms with Crippen molar-refractivity contribution in [1.29, 1.82) is 0 Å². The quantitative estimate of drug-likeness (QED) is 0.824. The molecule has 0 aromatic heterocycles. The van der Waals surface area contributed by atoms with Crippen LogP contribution in [0.15, 0.2) is 0 Å². The van der Waals surface area contributed by atoms with E-state index < -0.39 is 17.0 Å². The fraction of sp³-hybridized carbons (Fsp3) is 0.867. The Kier molecular flexibility index (Phi) is 4.37. The lowest BCUT2D eigenvalue weighted by Gasteiger charge is -2.41. The van der Waals surface area contributed by atoms with Gasteiger partial charge in [-0.25, -0.2) is 4.79 Å². The third-order valence-corrected chi connectivity index (χ3v) is 4.97. The average molecular weight is 282 g/mol. The molecule has 1 aliphatic heterocycles. The molecule has 0 spiro atoms. The number of likely N-dealkylation sites (tertiary alicyclic amines) is 1. The minimum atomic E-state index is -1.02. The first-order chi connectivity index (χ1) is 9.46. The molecular weight excluding hydrogens is 256 g/mol. The van der Waals surface area contributed by atoms with Crippen LogP contribution in [0, 0.1) is 0 Å². The fourth-order valence-corrected chi connectivity index (χ4v) is 3.84. The molecule has 1 saturated carbocycles. The summed E-state index contributed by atoms with van der Waals surface area (Å²) in [5.41, 5.74) is 4.46. The van der Waals surface area contributed by atoms with Gasteiger partial charge in [0.25, 0.3) is 0 Å². The first-order valence-corrected chi connectivity index (χ1v) is 7.81. The Bertz CT molecular complexity index is 391. The minimum Gasteiger partial charge on any atom is -0.479 e. The zero-order chi connectivity index (χ0) is 14.8. The van der Waals surface area contributed by atoms with Gasteiger partial charge in [0.05, 0.1) is 5.54 Å². The Balaban J connectivity index is 2.25. The number of hydrogen-bond donors (Lipinski definition) is 2. The van der Waals surface area contributed by atoms with Crippen LogP contribution in [-0.4, -0.2) is 39.5 Å². The Hall–Kier alpha value is -1.10. The zero-order valence-electron chi connectivity index (χ0n) is 12.4. The van der Waals surface area contributed by atoms with E-state index in [2.05, 4.69) is 0 Å². The van der Waals surface area contributed by atoms with E-state index in [0.717, 1.165) is 32.1 Å². The van der Waals surface area contributed by atoms with Gasteiger partial charge in [0.1, 0.15) is 5.54 Å². The molecule has 1 unspecified atom stereocenters. The molecule has 3 N–H and O–H groups in total. The van der Waals surface area contributed by atoms with Gasteiger partial charge in [-0.1, -0.05) is 32.6 Å². The van der Waals surface area contributed by atoms with Crippen LogP contribution in [0.1, 0.15) is 64.7 Å². The Morgan fingerprint density at radius 1 is 1.15 bits per heavy atom. The lowest BCUT2D eigenvalue weighted by atomic mass is 9.80. The summed E-state index contributed by atoms with van der Waals surface area (Å²) < 4.78 is 0. The Labute approximate surface area is 120 Å². The van der Waals surface area contributed by atoms with Crippen molar-refractivity contribution in [2.24, 2.45) is 5.73 Å². The normalized spacial score (nSPS) is 29.4. The molecule has 2 aliphatic rings. The van der Waals surface area contributed by atoms with Gasteiger partial charge >= 0.3 is 5.97 Å². The Morgan fingerprint density at radius 3 is 2.35 bits per heavy atom. The van der Waals surface area contributed by atoms with E-state index in [1.54, 1.807) is 4.90 Å². The number of aliphatic carboxylic acids is 1. The summed E-state index contributed by atoms with van der Waals surface area (Å²) in [6, 6.07) is 0. The fourth-order valence-electron chi connectivity index (χ4n) is 3.84. The highest BCUT2D eigenvalue weighted by Crippen LogP contribution is 2.38. The van der Waals surface area contributed by atoms with Crippen LogP contribution >= 0.6 is 0 Å². The number of carboxylic acids is 1. The molecule has 1 atom stereocenters. The average Bonchev–Trinajstić information content (AvgIpc) is 2.84. The van der Waals surface area contributed by atoms with Gasteiger partial charge in [0.2, 0.25) is 5.91 Å². The SMILES string of the molecule is CCCC1(C(=O)O)CCCN1C(=O)C1(N)CCCCC1. The lowest BCUT2D eigenvalue weighted by molar-refractivity contribution is -0.160. The molecule has 1 amide bonds. The van der Waals surface area contributed by atoms with E-state index in [-0.39, 0.29) is 5.91 Å². The van der Waals surface area contributed by atoms with Crippen LogP contribution in [0.25, 0.3) is 0 Å².